The normalized spacial score (nSPS) is 12.7. The maximum atomic E-state index is 12.4. The maximum absolute atomic E-state index is 12.4. The van der Waals surface area contributed by atoms with E-state index in [-0.39, 0.29) is 19.1 Å². The first kappa shape index (κ1) is 21.5. The molecule has 2 aromatic rings. The molecule has 1 N–H and O–H groups in total. The molecule has 0 saturated carbocycles. The number of hydrogen-bond donors (Lipinski definition) is 1. The Bertz CT molecular complexity index is 760. The molecule has 2 aromatic carbocycles. The lowest BCUT2D eigenvalue weighted by Crippen LogP contribution is -2.45. The fourth-order valence-corrected chi connectivity index (χ4v) is 2.90. The molecule has 0 radical (unpaired) electrons. The van der Waals surface area contributed by atoms with Gasteiger partial charge in [-0.2, -0.15) is 0 Å². The van der Waals surface area contributed by atoms with E-state index in [4.69, 9.17) is 9.47 Å². The Morgan fingerprint density at radius 3 is 2.36 bits per heavy atom. The molecule has 2 rings (SSSR count). The van der Waals surface area contributed by atoms with Gasteiger partial charge in [0.1, 0.15) is 11.8 Å². The Morgan fingerprint density at radius 1 is 1.00 bits per heavy atom. The van der Waals surface area contributed by atoms with Gasteiger partial charge >= 0.3 is 5.97 Å². The van der Waals surface area contributed by atoms with Gasteiger partial charge in [0.2, 0.25) is 0 Å². The summed E-state index contributed by atoms with van der Waals surface area (Å²) in [6.45, 7) is 6.09. The van der Waals surface area contributed by atoms with Crippen molar-refractivity contribution in [3.8, 4) is 5.75 Å². The van der Waals surface area contributed by atoms with Crippen molar-refractivity contribution < 1.29 is 19.1 Å². The molecule has 0 heterocycles. The lowest BCUT2D eigenvalue weighted by Gasteiger charge is -2.19. The largest absolute Gasteiger partial charge is 0.483 e. The lowest BCUT2D eigenvalue weighted by atomic mass is 9.98. The number of carbonyl (C=O) groups excluding carboxylic acids is 2. The van der Waals surface area contributed by atoms with Gasteiger partial charge in [-0.05, 0) is 36.5 Å². The summed E-state index contributed by atoms with van der Waals surface area (Å²) < 4.78 is 10.9. The second kappa shape index (κ2) is 11.1. The second-order valence-electron chi connectivity index (χ2n) is 6.70. The predicted octanol–water partition coefficient (Wildman–Crippen LogP) is 3.87. The van der Waals surface area contributed by atoms with Crippen LogP contribution in [0.2, 0.25) is 0 Å². The van der Waals surface area contributed by atoms with E-state index in [2.05, 4.69) is 19.2 Å². The molecule has 1 amide bonds. The van der Waals surface area contributed by atoms with Crippen molar-refractivity contribution in [2.24, 2.45) is 0 Å². The molecule has 28 heavy (non-hydrogen) atoms. The number of hydrogen-bond acceptors (Lipinski definition) is 4. The highest BCUT2D eigenvalue weighted by Gasteiger charge is 2.23. The fraction of sp³-hybridized carbons (Fsp3) is 0.391. The van der Waals surface area contributed by atoms with Crippen LogP contribution < -0.4 is 10.1 Å². The number of nitrogens with one attached hydrogen (secondary N) is 1. The standard InChI is InChI=1S/C23H29NO4/c1-4-17(3)19-13-9-10-14-21(19)28-16-22(25)24-20(23(26)27-5-2)15-18-11-7-6-8-12-18/h6-14,17,20H,4-5,15-16H2,1-3H3,(H,24,25). The van der Waals surface area contributed by atoms with Crippen molar-refractivity contribution in [2.75, 3.05) is 13.2 Å². The van der Waals surface area contributed by atoms with Crippen LogP contribution in [0.25, 0.3) is 0 Å². The third kappa shape index (κ3) is 6.41. The van der Waals surface area contributed by atoms with Gasteiger partial charge in [-0.25, -0.2) is 4.79 Å². The van der Waals surface area contributed by atoms with Crippen LogP contribution in [-0.2, 0) is 20.7 Å². The molecule has 0 fully saturated rings. The maximum Gasteiger partial charge on any atom is 0.328 e. The molecule has 150 valence electrons. The Hall–Kier alpha value is -2.82. The number of carbonyl (C=O) groups is 2. The molecule has 0 aliphatic rings. The van der Waals surface area contributed by atoms with E-state index >= 15 is 0 Å². The molecule has 0 spiro atoms. The molecule has 5 nitrogen and oxygen atoms in total. The van der Waals surface area contributed by atoms with E-state index in [1.54, 1.807) is 6.92 Å². The summed E-state index contributed by atoms with van der Waals surface area (Å²) in [6.07, 6.45) is 1.35. The Balaban J connectivity index is 2.00. The van der Waals surface area contributed by atoms with Crippen LogP contribution in [0, 0.1) is 0 Å². The monoisotopic (exact) mass is 383 g/mol. The third-order valence-electron chi connectivity index (χ3n) is 4.61. The first-order valence-electron chi connectivity index (χ1n) is 9.76. The second-order valence-corrected chi connectivity index (χ2v) is 6.70. The highest BCUT2D eigenvalue weighted by atomic mass is 16.5. The first-order valence-corrected chi connectivity index (χ1v) is 9.76. The smallest absolute Gasteiger partial charge is 0.328 e. The molecular weight excluding hydrogens is 354 g/mol. The van der Waals surface area contributed by atoms with Crippen molar-refractivity contribution in [1.82, 2.24) is 5.32 Å². The summed E-state index contributed by atoms with van der Waals surface area (Å²) in [5.41, 5.74) is 2.02. The molecule has 0 saturated heterocycles. The van der Waals surface area contributed by atoms with Crippen LogP contribution in [0.5, 0.6) is 5.75 Å². The summed E-state index contributed by atoms with van der Waals surface area (Å²) >= 11 is 0. The summed E-state index contributed by atoms with van der Waals surface area (Å²) in [4.78, 5) is 24.7. The number of amides is 1. The summed E-state index contributed by atoms with van der Waals surface area (Å²) in [5.74, 6) is 0.236. The van der Waals surface area contributed by atoms with Crippen molar-refractivity contribution in [1.29, 1.82) is 0 Å². The topological polar surface area (TPSA) is 64.6 Å². The van der Waals surface area contributed by atoms with Gasteiger partial charge in [-0.1, -0.05) is 62.4 Å². The van der Waals surface area contributed by atoms with Crippen LogP contribution in [-0.4, -0.2) is 31.1 Å². The molecule has 2 unspecified atom stereocenters. The van der Waals surface area contributed by atoms with Crippen LogP contribution in [0.15, 0.2) is 54.6 Å². The molecular formula is C23H29NO4. The van der Waals surface area contributed by atoms with E-state index in [1.807, 2.05) is 54.6 Å². The van der Waals surface area contributed by atoms with Crippen molar-refractivity contribution in [2.45, 2.75) is 45.6 Å². The molecule has 2 atom stereocenters. The lowest BCUT2D eigenvalue weighted by molar-refractivity contribution is -0.147. The molecule has 0 aliphatic heterocycles. The minimum atomic E-state index is -0.747. The summed E-state index contributed by atoms with van der Waals surface area (Å²) in [7, 11) is 0. The number of para-hydroxylation sites is 1. The zero-order chi connectivity index (χ0) is 20.4. The quantitative estimate of drug-likeness (QED) is 0.633. The van der Waals surface area contributed by atoms with Gasteiger partial charge in [0.25, 0.3) is 5.91 Å². The Labute approximate surface area is 167 Å². The number of esters is 1. The SMILES string of the molecule is CCOC(=O)C(Cc1ccccc1)NC(=O)COc1ccccc1C(C)CC. The van der Waals surface area contributed by atoms with Crippen molar-refractivity contribution in [3.63, 3.8) is 0 Å². The van der Waals surface area contributed by atoms with Gasteiger partial charge < -0.3 is 14.8 Å². The van der Waals surface area contributed by atoms with Gasteiger partial charge in [-0.15, -0.1) is 0 Å². The molecule has 5 heteroatoms. The minimum Gasteiger partial charge on any atom is -0.483 e. The highest BCUT2D eigenvalue weighted by Crippen LogP contribution is 2.28. The molecule has 0 aromatic heterocycles. The van der Waals surface area contributed by atoms with E-state index in [9.17, 15) is 9.59 Å². The van der Waals surface area contributed by atoms with Crippen molar-refractivity contribution >= 4 is 11.9 Å². The van der Waals surface area contributed by atoms with Crippen molar-refractivity contribution in [3.05, 3.63) is 65.7 Å². The van der Waals surface area contributed by atoms with Gasteiger partial charge in [-0.3, -0.25) is 4.79 Å². The fourth-order valence-electron chi connectivity index (χ4n) is 2.90. The van der Waals surface area contributed by atoms with Gasteiger partial charge in [0.15, 0.2) is 6.61 Å². The third-order valence-corrected chi connectivity index (χ3v) is 4.61. The van der Waals surface area contributed by atoms with Crippen LogP contribution in [0.1, 0.15) is 44.2 Å². The average Bonchev–Trinajstić information content (AvgIpc) is 2.72. The number of rotatable bonds is 10. The van der Waals surface area contributed by atoms with Crippen LogP contribution >= 0.6 is 0 Å². The molecule has 0 bridgehead atoms. The summed E-state index contributed by atoms with van der Waals surface area (Å²) in [5, 5.41) is 2.74. The number of benzene rings is 2. The van der Waals surface area contributed by atoms with Gasteiger partial charge in [0, 0.05) is 6.42 Å². The average molecular weight is 383 g/mol. The van der Waals surface area contributed by atoms with E-state index in [0.717, 1.165) is 17.5 Å². The van der Waals surface area contributed by atoms with Crippen LogP contribution in [0.4, 0.5) is 0 Å². The Morgan fingerprint density at radius 2 is 1.68 bits per heavy atom. The zero-order valence-corrected chi connectivity index (χ0v) is 16.8. The predicted molar refractivity (Wildman–Crippen MR) is 109 cm³/mol. The summed E-state index contributed by atoms with van der Waals surface area (Å²) in [6, 6.07) is 16.5. The molecule has 0 aliphatic carbocycles. The van der Waals surface area contributed by atoms with E-state index < -0.39 is 12.0 Å². The number of ether oxygens (including phenoxy) is 2. The van der Waals surface area contributed by atoms with Crippen LogP contribution in [0.3, 0.4) is 0 Å². The first-order chi connectivity index (χ1) is 13.5. The minimum absolute atomic E-state index is 0.155. The van der Waals surface area contributed by atoms with Gasteiger partial charge in [0.05, 0.1) is 6.61 Å². The van der Waals surface area contributed by atoms with E-state index in [1.165, 1.54) is 0 Å². The highest BCUT2D eigenvalue weighted by molar-refractivity contribution is 5.85. The Kier molecular flexibility index (Phi) is 8.53. The van der Waals surface area contributed by atoms with E-state index in [0.29, 0.717) is 18.1 Å². The zero-order valence-electron chi connectivity index (χ0n) is 16.8.